The summed E-state index contributed by atoms with van der Waals surface area (Å²) >= 11 is 0. The molecule has 0 aromatic rings. The quantitative estimate of drug-likeness (QED) is 0.527. The van der Waals surface area contributed by atoms with Crippen LogP contribution in [0.15, 0.2) is 0 Å². The normalized spacial score (nSPS) is 29.7. The summed E-state index contributed by atoms with van der Waals surface area (Å²) in [5, 5.41) is 3.01. The fourth-order valence-electron chi connectivity index (χ4n) is 4.29. The first-order valence-corrected chi connectivity index (χ1v) is 11.0. The summed E-state index contributed by atoms with van der Waals surface area (Å²) in [5.41, 5.74) is -0.612. The van der Waals surface area contributed by atoms with Crippen LogP contribution in [0.3, 0.4) is 0 Å². The third-order valence-electron chi connectivity index (χ3n) is 5.58. The highest BCUT2D eigenvalue weighted by atomic mass is 17.0. The Morgan fingerprint density at radius 1 is 1.20 bits per heavy atom. The molecule has 3 heterocycles. The van der Waals surface area contributed by atoms with E-state index in [4.69, 9.17) is 33.2 Å². The molecule has 3 atom stereocenters. The van der Waals surface area contributed by atoms with Crippen LogP contribution in [0.4, 0.5) is 4.79 Å². The van der Waals surface area contributed by atoms with Crippen molar-refractivity contribution >= 4 is 6.09 Å². The number of ether oxygens (including phenoxy) is 7. The minimum Gasteiger partial charge on any atom is -0.444 e. The van der Waals surface area contributed by atoms with Gasteiger partial charge in [0.2, 0.25) is 5.79 Å². The highest BCUT2D eigenvalue weighted by molar-refractivity contribution is 5.68. The summed E-state index contributed by atoms with van der Waals surface area (Å²) in [6.07, 6.45) is 5.39. The number of rotatable bonds is 10. The van der Waals surface area contributed by atoms with Crippen molar-refractivity contribution in [2.75, 3.05) is 20.3 Å². The summed E-state index contributed by atoms with van der Waals surface area (Å²) in [7, 11) is 1.50. The lowest BCUT2D eigenvalue weighted by atomic mass is 9.82. The van der Waals surface area contributed by atoms with Gasteiger partial charge in [0.15, 0.2) is 0 Å². The number of amides is 1. The molecule has 2 bridgehead atoms. The van der Waals surface area contributed by atoms with E-state index in [1.165, 1.54) is 26.4 Å². The maximum absolute atomic E-state index is 12.7. The molecule has 1 unspecified atom stereocenters. The van der Waals surface area contributed by atoms with Crippen LogP contribution < -0.4 is 5.32 Å². The van der Waals surface area contributed by atoms with Gasteiger partial charge >= 0.3 is 6.09 Å². The van der Waals surface area contributed by atoms with Crippen molar-refractivity contribution in [2.45, 2.75) is 103 Å². The minimum atomic E-state index is -1.10. The topological polar surface area (TPSA) is 93.7 Å². The molecule has 3 saturated heterocycles. The van der Waals surface area contributed by atoms with Crippen LogP contribution in [-0.2, 0) is 33.2 Å². The summed E-state index contributed by atoms with van der Waals surface area (Å²) in [6, 6.07) is -0.427. The Hall–Kier alpha value is -0.970. The van der Waals surface area contributed by atoms with Crippen LogP contribution in [-0.4, -0.2) is 62.9 Å². The van der Waals surface area contributed by atoms with Crippen LogP contribution in [0.2, 0.25) is 0 Å². The van der Waals surface area contributed by atoms with E-state index in [1.54, 1.807) is 0 Å². The van der Waals surface area contributed by atoms with Crippen LogP contribution in [0.25, 0.3) is 0 Å². The number of hydrogen-bond acceptors (Lipinski definition) is 8. The number of carbonyl (C=O) groups excluding carboxylic acids is 1. The summed E-state index contributed by atoms with van der Waals surface area (Å²) in [5.74, 6) is -0.639. The van der Waals surface area contributed by atoms with Gasteiger partial charge in [0.25, 0.3) is 13.0 Å². The Balaban J connectivity index is 1.79. The second-order valence-corrected chi connectivity index (χ2v) is 9.18. The average molecular weight is 432 g/mol. The zero-order chi connectivity index (χ0) is 21.8. The predicted molar refractivity (Wildman–Crippen MR) is 106 cm³/mol. The predicted octanol–water partition coefficient (Wildman–Crippen LogP) is 3.26. The van der Waals surface area contributed by atoms with E-state index in [-0.39, 0.29) is 6.61 Å². The Bertz CT molecular complexity index is 548. The van der Waals surface area contributed by atoms with Crippen LogP contribution >= 0.6 is 0 Å². The Labute approximate surface area is 179 Å². The minimum absolute atomic E-state index is 0.210. The molecule has 1 N–H and O–H groups in total. The van der Waals surface area contributed by atoms with Gasteiger partial charge in [0.05, 0.1) is 6.04 Å². The van der Waals surface area contributed by atoms with Crippen LogP contribution in [0, 0.1) is 5.92 Å². The maximum Gasteiger partial charge on any atom is 0.407 e. The van der Waals surface area contributed by atoms with Gasteiger partial charge in [-0.3, -0.25) is 9.47 Å². The third kappa shape index (κ3) is 6.05. The van der Waals surface area contributed by atoms with Crippen molar-refractivity contribution in [2.24, 2.45) is 5.92 Å². The molecule has 1 saturated carbocycles. The first-order valence-electron chi connectivity index (χ1n) is 11.0. The van der Waals surface area contributed by atoms with Gasteiger partial charge < -0.3 is 29.0 Å². The largest absolute Gasteiger partial charge is 0.444 e. The van der Waals surface area contributed by atoms with Gasteiger partial charge in [-0.05, 0) is 40.0 Å². The molecule has 9 heteroatoms. The van der Waals surface area contributed by atoms with Crippen molar-refractivity contribution in [1.29, 1.82) is 0 Å². The SMILES string of the molecule is CCOC(OC)O[C@H]([C@H](CC1CCCCC1)NC(=O)OC(C)(C)C)C12COC(O1)O2. The van der Waals surface area contributed by atoms with E-state index in [2.05, 4.69) is 5.32 Å². The number of methoxy groups -OCH3 is 1. The second kappa shape index (κ2) is 10.1. The van der Waals surface area contributed by atoms with Gasteiger partial charge in [0, 0.05) is 13.7 Å². The number of hydrogen-bond donors (Lipinski definition) is 1. The zero-order valence-electron chi connectivity index (χ0n) is 18.8. The molecule has 4 rings (SSSR count). The molecule has 0 aromatic heterocycles. The first-order chi connectivity index (χ1) is 14.2. The Kier molecular flexibility index (Phi) is 7.97. The lowest BCUT2D eigenvalue weighted by Gasteiger charge is -2.45. The fourth-order valence-corrected chi connectivity index (χ4v) is 4.29. The molecule has 30 heavy (non-hydrogen) atoms. The molecular weight excluding hydrogens is 394 g/mol. The third-order valence-corrected chi connectivity index (χ3v) is 5.58. The molecule has 0 aromatic carbocycles. The maximum atomic E-state index is 12.7. The molecule has 1 amide bonds. The van der Waals surface area contributed by atoms with Crippen LogP contribution in [0.1, 0.15) is 66.2 Å². The highest BCUT2D eigenvalue weighted by Crippen LogP contribution is 2.44. The number of nitrogens with one attached hydrogen (secondary N) is 1. The highest BCUT2D eigenvalue weighted by Gasteiger charge is 2.63. The Morgan fingerprint density at radius 2 is 1.90 bits per heavy atom. The zero-order valence-corrected chi connectivity index (χ0v) is 18.8. The molecule has 9 nitrogen and oxygen atoms in total. The van der Waals surface area contributed by atoms with Gasteiger partial charge in [-0.15, -0.1) is 0 Å². The number of carbonyl (C=O) groups is 1. The van der Waals surface area contributed by atoms with Gasteiger partial charge in [0.1, 0.15) is 18.3 Å². The molecule has 1 aliphatic carbocycles. The van der Waals surface area contributed by atoms with Crippen molar-refractivity contribution < 1.29 is 38.0 Å². The lowest BCUT2D eigenvalue weighted by molar-refractivity contribution is -0.473. The molecule has 4 aliphatic rings. The van der Waals surface area contributed by atoms with E-state index in [0.717, 1.165) is 12.8 Å². The summed E-state index contributed by atoms with van der Waals surface area (Å²) in [6.45, 7) is 6.36. The standard InChI is InChI=1S/C21H37NO8/c1-6-25-18(24-5)27-16(21-13-26-19(29-21)30-21)15(12-14-10-8-7-9-11-14)22-17(23)28-20(2,3)4/h14-16,18-19H,6-13H2,1-5H3,(H,22,23)/t15-,16+,18?,19?,21?/m0/s1. The van der Waals surface area contributed by atoms with Gasteiger partial charge in [-0.25, -0.2) is 4.79 Å². The van der Waals surface area contributed by atoms with Crippen molar-refractivity contribution in [3.8, 4) is 0 Å². The summed E-state index contributed by atoms with van der Waals surface area (Å²) < 4.78 is 39.6. The Morgan fingerprint density at radius 3 is 2.43 bits per heavy atom. The second-order valence-electron chi connectivity index (χ2n) is 9.18. The van der Waals surface area contributed by atoms with E-state index < -0.39 is 42.6 Å². The monoisotopic (exact) mass is 431 g/mol. The molecule has 174 valence electrons. The molecular formula is C21H37NO8. The first kappa shape index (κ1) is 23.7. The lowest BCUT2D eigenvalue weighted by Crippen LogP contribution is -2.65. The molecule has 4 fully saturated rings. The molecule has 0 radical (unpaired) electrons. The van der Waals surface area contributed by atoms with E-state index in [1.807, 2.05) is 27.7 Å². The van der Waals surface area contributed by atoms with Gasteiger partial charge in [-0.2, -0.15) is 0 Å². The average Bonchev–Trinajstić information content (AvgIpc) is 3.25. The molecule has 3 aliphatic heterocycles. The van der Waals surface area contributed by atoms with Crippen molar-refractivity contribution in [3.63, 3.8) is 0 Å². The number of fused-ring (bicyclic) bond motifs is 1. The van der Waals surface area contributed by atoms with Crippen molar-refractivity contribution in [1.82, 2.24) is 5.32 Å². The van der Waals surface area contributed by atoms with Crippen LogP contribution in [0.5, 0.6) is 0 Å². The van der Waals surface area contributed by atoms with Crippen molar-refractivity contribution in [3.05, 3.63) is 0 Å². The smallest absolute Gasteiger partial charge is 0.407 e. The van der Waals surface area contributed by atoms with E-state index in [9.17, 15) is 4.79 Å². The number of alkyl carbamates (subject to hydrolysis) is 1. The van der Waals surface area contributed by atoms with Gasteiger partial charge in [-0.1, -0.05) is 32.1 Å². The fraction of sp³-hybridized carbons (Fsp3) is 0.952. The summed E-state index contributed by atoms with van der Waals surface area (Å²) in [4.78, 5) is 12.7. The van der Waals surface area contributed by atoms with E-state index >= 15 is 0 Å². The van der Waals surface area contributed by atoms with E-state index in [0.29, 0.717) is 18.9 Å². The molecule has 0 spiro atoms.